The van der Waals surface area contributed by atoms with Gasteiger partial charge in [-0.05, 0) is 37.8 Å². The minimum Gasteiger partial charge on any atom is -0.387 e. The van der Waals surface area contributed by atoms with Crippen molar-refractivity contribution < 1.29 is 14.9 Å². The Morgan fingerprint density at radius 1 is 0.776 bits per heavy atom. The molecule has 0 radical (unpaired) electrons. The van der Waals surface area contributed by atoms with Gasteiger partial charge in [0.2, 0.25) is 17.7 Å². The Hall–Kier alpha value is -6.33. The number of imidazole rings is 4. The number of nitrogens with one attached hydrogen (secondary N) is 5. The standard InChI is InChI=1S/C35H46N20O3/c1-4-55-50-31(49-51-55)27-25(56)26(57)33(58-27)54-18-42-24-30(47-35(48-32(24)54)37-12-10-22-14-53(3)17-41-22)44-20-7-5-19(6-8-20)43-29-23-28(39-15-38-23)45-34(46-29)36-11-9-21-13-52(2)16-40-21/h13-20,25-27,33,56-57H,4-12H2,1-3H3,(H2,37,44,47,48)(H3,36,38,39,43,45,46)/t19?,20?,25-,26+,27-,33+/m0/s1. The van der Waals surface area contributed by atoms with Crippen LogP contribution in [0.25, 0.3) is 22.3 Å². The summed E-state index contributed by atoms with van der Waals surface area (Å²) in [6, 6.07) is 0.255. The number of H-pyrrole nitrogens is 1. The van der Waals surface area contributed by atoms with Gasteiger partial charge in [0.05, 0.1) is 43.2 Å². The zero-order chi connectivity index (χ0) is 39.8. The number of fused-ring (bicyclic) bond motifs is 2. The molecule has 4 atom stereocenters. The number of aliphatic hydroxyl groups excluding tert-OH is 2. The summed E-state index contributed by atoms with van der Waals surface area (Å²) in [5.74, 6) is 2.30. The second-order valence-electron chi connectivity index (χ2n) is 14.7. The van der Waals surface area contributed by atoms with Gasteiger partial charge in [0.15, 0.2) is 40.8 Å². The number of hydrogen-bond donors (Lipinski definition) is 7. The topological polar surface area (TPSA) is 275 Å². The maximum absolute atomic E-state index is 11.2. The van der Waals surface area contributed by atoms with Crippen LogP contribution < -0.4 is 21.3 Å². The number of ether oxygens (including phenoxy) is 1. The molecular formula is C35H46N20O3. The van der Waals surface area contributed by atoms with Crippen molar-refractivity contribution in [1.82, 2.24) is 78.8 Å². The Morgan fingerprint density at radius 2 is 1.41 bits per heavy atom. The molecule has 1 saturated carbocycles. The van der Waals surface area contributed by atoms with Gasteiger partial charge < -0.3 is 50.3 Å². The van der Waals surface area contributed by atoms with Crippen LogP contribution in [-0.2, 0) is 38.2 Å². The molecule has 0 unspecified atom stereocenters. The average Bonchev–Trinajstić information content (AvgIpc) is 4.09. The second-order valence-corrected chi connectivity index (χ2v) is 14.7. The molecule has 2 aliphatic rings. The highest BCUT2D eigenvalue weighted by Crippen LogP contribution is 2.39. The van der Waals surface area contributed by atoms with E-state index in [4.69, 9.17) is 19.7 Å². The summed E-state index contributed by atoms with van der Waals surface area (Å²) < 4.78 is 11.6. The van der Waals surface area contributed by atoms with Gasteiger partial charge in [-0.25, -0.2) is 19.9 Å². The van der Waals surface area contributed by atoms with Crippen LogP contribution in [0.4, 0.5) is 23.5 Å². The predicted molar refractivity (Wildman–Crippen MR) is 209 cm³/mol. The van der Waals surface area contributed by atoms with Gasteiger partial charge in [-0.3, -0.25) is 4.57 Å². The highest BCUT2D eigenvalue weighted by atomic mass is 16.6. The summed E-state index contributed by atoms with van der Waals surface area (Å²) in [6.45, 7) is 3.54. The summed E-state index contributed by atoms with van der Waals surface area (Å²) in [4.78, 5) is 41.6. The van der Waals surface area contributed by atoms with Crippen LogP contribution in [-0.4, -0.2) is 126 Å². The third-order valence-corrected chi connectivity index (χ3v) is 10.5. The summed E-state index contributed by atoms with van der Waals surface area (Å²) in [5.41, 5.74) is 4.20. The number of tetrazole rings is 1. The van der Waals surface area contributed by atoms with Gasteiger partial charge >= 0.3 is 0 Å². The third-order valence-electron chi connectivity index (χ3n) is 10.5. The van der Waals surface area contributed by atoms with Gasteiger partial charge in [0.1, 0.15) is 17.7 Å². The fourth-order valence-electron chi connectivity index (χ4n) is 7.47. The first-order valence-corrected chi connectivity index (χ1v) is 19.5. The van der Waals surface area contributed by atoms with Crippen molar-refractivity contribution in [1.29, 1.82) is 0 Å². The molecule has 58 heavy (non-hydrogen) atoms. The molecule has 7 aromatic rings. The van der Waals surface area contributed by atoms with Crippen molar-refractivity contribution in [3.8, 4) is 0 Å². The molecule has 304 valence electrons. The number of aromatic nitrogens is 16. The van der Waals surface area contributed by atoms with Crippen molar-refractivity contribution in [3.63, 3.8) is 0 Å². The number of aryl methyl sites for hydroxylation is 3. The number of anilines is 4. The first-order valence-electron chi connectivity index (χ1n) is 19.5. The molecule has 9 rings (SSSR count). The lowest BCUT2D eigenvalue weighted by atomic mass is 9.91. The van der Waals surface area contributed by atoms with E-state index in [1.54, 1.807) is 29.9 Å². The van der Waals surface area contributed by atoms with Crippen LogP contribution >= 0.6 is 0 Å². The van der Waals surface area contributed by atoms with Gasteiger partial charge in [0, 0.05) is 64.5 Å². The summed E-state index contributed by atoms with van der Waals surface area (Å²) in [6.07, 6.45) is 10.9. The normalized spacial score (nSPS) is 22.2. The highest BCUT2D eigenvalue weighted by Gasteiger charge is 2.47. The SMILES string of the molecule is CCn1nnc([C@H]2O[C@@H](n3cnc4c(NC5CCC(Nc6nc(NCCc7cn(C)cn7)nc7[nH]cnc67)CC5)nc(NCCc5cn(C)cn5)nc43)[C@H](O)[C@@H]2O)n1. The first kappa shape index (κ1) is 37.3. The number of rotatable bonds is 15. The second kappa shape index (κ2) is 15.9. The molecule has 1 aliphatic heterocycles. The molecule has 2 fully saturated rings. The maximum Gasteiger partial charge on any atom is 0.226 e. The third kappa shape index (κ3) is 7.69. The maximum atomic E-state index is 11.2. The van der Waals surface area contributed by atoms with E-state index in [0.29, 0.717) is 71.9 Å². The van der Waals surface area contributed by atoms with Crippen LogP contribution in [0.5, 0.6) is 0 Å². The fraction of sp³-hybridized carbons (Fsp3) is 0.514. The van der Waals surface area contributed by atoms with Crippen molar-refractivity contribution in [3.05, 3.63) is 54.9 Å². The average molecular weight is 795 g/mol. The molecule has 0 spiro atoms. The number of nitrogens with zero attached hydrogens (tertiary/aromatic N) is 15. The lowest BCUT2D eigenvalue weighted by Crippen LogP contribution is -2.33. The molecule has 1 aliphatic carbocycles. The number of aliphatic hydroxyl groups is 2. The van der Waals surface area contributed by atoms with Crippen molar-refractivity contribution >= 4 is 45.9 Å². The molecule has 8 heterocycles. The van der Waals surface area contributed by atoms with E-state index in [1.165, 1.54) is 4.80 Å². The lowest BCUT2D eigenvalue weighted by Gasteiger charge is -2.30. The Bertz CT molecular complexity index is 2480. The summed E-state index contributed by atoms with van der Waals surface area (Å²) in [7, 11) is 3.89. The molecule has 23 nitrogen and oxygen atoms in total. The molecule has 0 amide bonds. The quantitative estimate of drug-likeness (QED) is 0.0765. The lowest BCUT2D eigenvalue weighted by molar-refractivity contribution is -0.0384. The smallest absolute Gasteiger partial charge is 0.226 e. The van der Waals surface area contributed by atoms with Crippen LogP contribution in [0.3, 0.4) is 0 Å². The van der Waals surface area contributed by atoms with Crippen LogP contribution in [0.2, 0.25) is 0 Å². The van der Waals surface area contributed by atoms with E-state index in [-0.39, 0.29) is 17.9 Å². The molecule has 1 saturated heterocycles. The molecule has 7 N–H and O–H groups in total. The minimum absolute atomic E-state index is 0.0917. The van der Waals surface area contributed by atoms with Crippen molar-refractivity contribution in [2.75, 3.05) is 34.4 Å². The van der Waals surface area contributed by atoms with E-state index in [0.717, 1.165) is 43.5 Å². The van der Waals surface area contributed by atoms with Crippen molar-refractivity contribution in [2.24, 2.45) is 14.1 Å². The van der Waals surface area contributed by atoms with E-state index in [9.17, 15) is 10.2 Å². The number of hydrogen-bond acceptors (Lipinski definition) is 18. The number of aromatic amines is 1. The van der Waals surface area contributed by atoms with E-state index < -0.39 is 24.5 Å². The minimum atomic E-state index is -1.32. The summed E-state index contributed by atoms with van der Waals surface area (Å²) >= 11 is 0. The molecule has 7 aromatic heterocycles. The summed E-state index contributed by atoms with van der Waals surface area (Å²) in [5, 5.41) is 48.5. The van der Waals surface area contributed by atoms with Crippen molar-refractivity contribution in [2.45, 2.75) is 88.6 Å². The first-order chi connectivity index (χ1) is 28.3. The van der Waals surface area contributed by atoms with Crippen LogP contribution in [0, 0.1) is 0 Å². The molecule has 23 heteroatoms. The van der Waals surface area contributed by atoms with Gasteiger partial charge in [-0.2, -0.15) is 24.7 Å². The van der Waals surface area contributed by atoms with Crippen LogP contribution in [0.1, 0.15) is 62.2 Å². The molecule has 0 bridgehead atoms. The largest absolute Gasteiger partial charge is 0.387 e. The zero-order valence-corrected chi connectivity index (χ0v) is 32.3. The van der Waals surface area contributed by atoms with E-state index in [2.05, 4.69) is 66.6 Å². The Balaban J connectivity index is 0.900. The monoisotopic (exact) mass is 794 g/mol. The fourth-order valence-corrected chi connectivity index (χ4v) is 7.47. The highest BCUT2D eigenvalue weighted by molar-refractivity contribution is 5.85. The van der Waals surface area contributed by atoms with E-state index in [1.807, 2.05) is 42.5 Å². The zero-order valence-electron chi connectivity index (χ0n) is 32.3. The van der Waals surface area contributed by atoms with Gasteiger partial charge in [-0.1, -0.05) is 0 Å². The Kier molecular flexibility index (Phi) is 10.2. The molecule has 0 aromatic carbocycles. The molecular weight excluding hydrogens is 749 g/mol. The van der Waals surface area contributed by atoms with Gasteiger partial charge in [-0.15, -0.1) is 10.2 Å². The Morgan fingerprint density at radius 3 is 2.02 bits per heavy atom. The van der Waals surface area contributed by atoms with E-state index >= 15 is 0 Å². The van der Waals surface area contributed by atoms with Gasteiger partial charge in [0.25, 0.3) is 0 Å². The van der Waals surface area contributed by atoms with Crippen LogP contribution in [0.15, 0.2) is 37.7 Å². The Labute approximate surface area is 331 Å². The predicted octanol–water partition coefficient (Wildman–Crippen LogP) is 1.10.